The molecule has 1 heterocycles. The van der Waals surface area contributed by atoms with Crippen LogP contribution in [0, 0.1) is 0 Å². The van der Waals surface area contributed by atoms with Gasteiger partial charge in [0, 0.05) is 10.0 Å². The zero-order chi connectivity index (χ0) is 18.0. The zero-order valence-corrected chi connectivity index (χ0v) is 16.8. The van der Waals surface area contributed by atoms with E-state index >= 15 is 0 Å². The van der Waals surface area contributed by atoms with Crippen molar-refractivity contribution in [3.63, 3.8) is 0 Å². The number of nitrogens with zero attached hydrogens (tertiary/aromatic N) is 1. The highest BCUT2D eigenvalue weighted by atomic mass is 79.9. The number of benzene rings is 2. The molecular weight excluding hydrogens is 447 g/mol. The van der Waals surface area contributed by atoms with Crippen molar-refractivity contribution < 1.29 is 9.53 Å². The molecule has 0 unspecified atom stereocenters. The van der Waals surface area contributed by atoms with E-state index in [9.17, 15) is 4.79 Å². The Labute approximate surface area is 167 Å². The number of nitrogens with one attached hydrogen (secondary N) is 1. The van der Waals surface area contributed by atoms with Gasteiger partial charge in [0.2, 0.25) is 0 Å². The number of aliphatic imine (C=N–C) groups is 1. The molecule has 1 amide bonds. The summed E-state index contributed by atoms with van der Waals surface area (Å²) in [5.74, 6) is 0.441. The van der Waals surface area contributed by atoms with Gasteiger partial charge in [0.1, 0.15) is 5.75 Å². The molecule has 1 N–H and O–H groups in total. The second-order valence-electron chi connectivity index (χ2n) is 4.94. The summed E-state index contributed by atoms with van der Waals surface area (Å²) in [6.07, 6.45) is 1.76. The molecule has 2 aromatic rings. The van der Waals surface area contributed by atoms with Gasteiger partial charge in [0.25, 0.3) is 5.91 Å². The molecule has 128 valence electrons. The van der Waals surface area contributed by atoms with Crippen LogP contribution in [0.1, 0.15) is 5.56 Å². The maximum absolute atomic E-state index is 12.2. The lowest BCUT2D eigenvalue weighted by Crippen LogP contribution is -2.19. The summed E-state index contributed by atoms with van der Waals surface area (Å²) in [5, 5.41) is 3.92. The molecule has 4 nitrogen and oxygen atoms in total. The van der Waals surface area contributed by atoms with Gasteiger partial charge in [-0.15, -0.1) is 0 Å². The van der Waals surface area contributed by atoms with Crippen LogP contribution in [-0.2, 0) is 4.79 Å². The second kappa shape index (κ2) is 7.83. The molecule has 25 heavy (non-hydrogen) atoms. The lowest BCUT2D eigenvalue weighted by molar-refractivity contribution is -0.115. The third-order valence-corrected chi connectivity index (χ3v) is 5.49. The van der Waals surface area contributed by atoms with E-state index in [-0.39, 0.29) is 5.91 Å². The van der Waals surface area contributed by atoms with Gasteiger partial charge in [0.05, 0.1) is 27.7 Å². The number of thioether (sulfide) groups is 1. The van der Waals surface area contributed by atoms with Gasteiger partial charge in [-0.1, -0.05) is 45.2 Å². The molecule has 0 spiro atoms. The van der Waals surface area contributed by atoms with Crippen LogP contribution in [-0.4, -0.2) is 18.2 Å². The third kappa shape index (κ3) is 4.20. The highest BCUT2D eigenvalue weighted by Crippen LogP contribution is 2.35. The predicted molar refractivity (Wildman–Crippen MR) is 108 cm³/mol. The zero-order valence-electron chi connectivity index (χ0n) is 12.8. The number of rotatable bonds is 3. The van der Waals surface area contributed by atoms with Crippen molar-refractivity contribution >= 4 is 73.7 Å². The van der Waals surface area contributed by atoms with Crippen molar-refractivity contribution in [1.29, 1.82) is 0 Å². The molecule has 0 bridgehead atoms. The molecule has 3 rings (SSSR count). The lowest BCUT2D eigenvalue weighted by atomic mass is 10.2. The quantitative estimate of drug-likeness (QED) is 0.605. The summed E-state index contributed by atoms with van der Waals surface area (Å²) in [7, 11) is 1.58. The molecule has 0 atom stereocenters. The van der Waals surface area contributed by atoms with Crippen LogP contribution < -0.4 is 10.1 Å². The minimum Gasteiger partial charge on any atom is -0.496 e. The Kier molecular flexibility index (Phi) is 5.74. The number of carbonyl (C=O) groups excluding carboxylic acids is 1. The van der Waals surface area contributed by atoms with Crippen LogP contribution in [0.15, 0.2) is 50.8 Å². The van der Waals surface area contributed by atoms with E-state index in [0.29, 0.717) is 31.6 Å². The van der Waals surface area contributed by atoms with Crippen LogP contribution in [0.3, 0.4) is 0 Å². The van der Waals surface area contributed by atoms with Crippen LogP contribution in [0.4, 0.5) is 5.69 Å². The predicted octanol–water partition coefficient (Wildman–Crippen LogP) is 5.66. The van der Waals surface area contributed by atoms with Gasteiger partial charge < -0.3 is 10.1 Å². The fraction of sp³-hybridized carbons (Fsp3) is 0.0588. The average molecular weight is 458 g/mol. The third-order valence-electron chi connectivity index (χ3n) is 3.28. The van der Waals surface area contributed by atoms with Crippen LogP contribution in [0.25, 0.3) is 6.08 Å². The molecule has 1 fully saturated rings. The first-order valence-corrected chi connectivity index (χ1v) is 9.41. The SMILES string of the molecule is COc1ccc(Br)cc1/C=C1/SC(=Nc2cccc(Cl)c2Cl)NC1=O. The molecular formula is C17H11BrCl2N2O2S. The highest BCUT2D eigenvalue weighted by molar-refractivity contribution is 9.10. The maximum Gasteiger partial charge on any atom is 0.264 e. The minimum absolute atomic E-state index is 0.232. The number of hydrogen-bond acceptors (Lipinski definition) is 4. The first-order valence-electron chi connectivity index (χ1n) is 7.05. The van der Waals surface area contributed by atoms with Gasteiger partial charge in [-0.25, -0.2) is 4.99 Å². The van der Waals surface area contributed by atoms with Crippen LogP contribution in [0.5, 0.6) is 5.75 Å². The number of amides is 1. The fourth-order valence-electron chi connectivity index (χ4n) is 2.13. The first kappa shape index (κ1) is 18.3. The number of hydrogen-bond donors (Lipinski definition) is 1. The summed E-state index contributed by atoms with van der Waals surface area (Å²) in [5.41, 5.74) is 1.29. The Morgan fingerprint density at radius 2 is 2.08 bits per heavy atom. The van der Waals surface area contributed by atoms with E-state index in [4.69, 9.17) is 27.9 Å². The Morgan fingerprint density at radius 3 is 2.84 bits per heavy atom. The maximum atomic E-state index is 12.2. The van der Waals surface area contributed by atoms with Crippen LogP contribution in [0.2, 0.25) is 10.0 Å². The fourth-order valence-corrected chi connectivity index (χ4v) is 3.67. The molecule has 8 heteroatoms. The van der Waals surface area contributed by atoms with Gasteiger partial charge in [0.15, 0.2) is 5.17 Å². The van der Waals surface area contributed by atoms with E-state index in [1.807, 2.05) is 18.2 Å². The minimum atomic E-state index is -0.232. The van der Waals surface area contributed by atoms with Crippen molar-refractivity contribution in [2.75, 3.05) is 7.11 Å². The lowest BCUT2D eigenvalue weighted by Gasteiger charge is -2.05. The Morgan fingerprint density at radius 1 is 1.28 bits per heavy atom. The van der Waals surface area contributed by atoms with E-state index < -0.39 is 0 Å². The highest BCUT2D eigenvalue weighted by Gasteiger charge is 2.24. The van der Waals surface area contributed by atoms with Gasteiger partial charge in [-0.3, -0.25) is 4.79 Å². The van der Waals surface area contributed by atoms with E-state index in [1.165, 1.54) is 11.8 Å². The number of ether oxygens (including phenoxy) is 1. The van der Waals surface area contributed by atoms with Crippen molar-refractivity contribution in [3.05, 3.63) is 61.4 Å². The molecule has 1 aliphatic rings. The smallest absolute Gasteiger partial charge is 0.264 e. The van der Waals surface area contributed by atoms with Gasteiger partial charge in [-0.2, -0.15) is 0 Å². The molecule has 0 aromatic heterocycles. The molecule has 2 aromatic carbocycles. The summed E-state index contributed by atoms with van der Waals surface area (Å²) in [4.78, 5) is 17.1. The Hall–Kier alpha value is -1.47. The van der Waals surface area contributed by atoms with Crippen molar-refractivity contribution in [1.82, 2.24) is 5.32 Å². The molecule has 0 aliphatic carbocycles. The number of methoxy groups -OCH3 is 1. The number of carbonyl (C=O) groups is 1. The Balaban J connectivity index is 1.92. The summed E-state index contributed by atoms with van der Waals surface area (Å²) in [6.45, 7) is 0. The van der Waals surface area contributed by atoms with Crippen LogP contribution >= 0.6 is 50.9 Å². The summed E-state index contributed by atoms with van der Waals surface area (Å²) >= 11 is 16.8. The standard InChI is InChI=1S/C17H11BrCl2N2O2S/c1-24-13-6-5-10(18)7-9(13)8-14-16(23)22-17(25-14)21-12-4-2-3-11(19)15(12)20/h2-8H,1H3,(H,21,22,23)/b14-8+. The summed E-state index contributed by atoms with van der Waals surface area (Å²) in [6, 6.07) is 10.7. The normalized spacial score (nSPS) is 17.2. The molecule has 1 saturated heterocycles. The topological polar surface area (TPSA) is 50.7 Å². The largest absolute Gasteiger partial charge is 0.496 e. The van der Waals surface area contributed by atoms with E-state index in [1.54, 1.807) is 31.4 Å². The molecule has 1 aliphatic heterocycles. The van der Waals surface area contributed by atoms with E-state index in [0.717, 1.165) is 10.0 Å². The number of halogens is 3. The Bertz CT molecular complexity index is 916. The summed E-state index contributed by atoms with van der Waals surface area (Å²) < 4.78 is 6.22. The average Bonchev–Trinajstić information content (AvgIpc) is 2.91. The van der Waals surface area contributed by atoms with Gasteiger partial charge in [-0.05, 0) is 48.2 Å². The van der Waals surface area contributed by atoms with Crippen molar-refractivity contribution in [2.45, 2.75) is 0 Å². The molecule has 0 radical (unpaired) electrons. The molecule has 0 saturated carbocycles. The monoisotopic (exact) mass is 456 g/mol. The number of amidine groups is 1. The second-order valence-corrected chi connectivity index (χ2v) is 7.67. The first-order chi connectivity index (χ1) is 12.0. The van der Waals surface area contributed by atoms with Gasteiger partial charge >= 0.3 is 0 Å². The van der Waals surface area contributed by atoms with Crippen molar-refractivity contribution in [2.24, 2.45) is 4.99 Å². The van der Waals surface area contributed by atoms with Crippen molar-refractivity contribution in [3.8, 4) is 5.75 Å². The van der Waals surface area contributed by atoms with E-state index in [2.05, 4.69) is 26.2 Å².